The lowest BCUT2D eigenvalue weighted by Crippen LogP contribution is -2.52. The highest BCUT2D eigenvalue weighted by molar-refractivity contribution is 5.74. The minimum atomic E-state index is 0.139. The third kappa shape index (κ3) is 3.29. The van der Waals surface area contributed by atoms with Gasteiger partial charge in [-0.25, -0.2) is 4.79 Å². The number of likely N-dealkylation sites (tertiary alicyclic amines) is 1. The largest absolute Gasteiger partial charge is 0.338 e. The molecule has 0 aromatic heterocycles. The summed E-state index contributed by atoms with van der Waals surface area (Å²) in [6, 6.07) is 8.67. The van der Waals surface area contributed by atoms with Crippen molar-refractivity contribution in [1.29, 1.82) is 0 Å². The fourth-order valence-electron chi connectivity index (χ4n) is 4.03. The first kappa shape index (κ1) is 15.4. The van der Waals surface area contributed by atoms with E-state index >= 15 is 0 Å². The predicted molar refractivity (Wildman–Crippen MR) is 90.0 cm³/mol. The normalized spacial score (nSPS) is 19.8. The molecule has 1 aromatic carbocycles. The average molecular weight is 300 g/mol. The Hall–Kier alpha value is -1.51. The number of amides is 2. The lowest BCUT2D eigenvalue weighted by molar-refractivity contribution is 0.0370. The van der Waals surface area contributed by atoms with Gasteiger partial charge >= 0.3 is 6.03 Å². The van der Waals surface area contributed by atoms with Gasteiger partial charge in [0.05, 0.1) is 0 Å². The molecule has 1 heterocycles. The van der Waals surface area contributed by atoms with E-state index in [9.17, 15) is 4.79 Å². The fraction of sp³-hybridized carbons (Fsp3) is 0.632. The van der Waals surface area contributed by atoms with Crippen LogP contribution in [0, 0.1) is 5.41 Å². The van der Waals surface area contributed by atoms with E-state index in [1.807, 2.05) is 4.90 Å². The van der Waals surface area contributed by atoms with Crippen molar-refractivity contribution in [3.05, 3.63) is 35.4 Å². The molecule has 1 saturated carbocycles. The fourth-order valence-corrected chi connectivity index (χ4v) is 4.03. The van der Waals surface area contributed by atoms with Crippen LogP contribution in [0.15, 0.2) is 24.3 Å². The number of hydrogen-bond donors (Lipinski definition) is 1. The average Bonchev–Trinajstić information content (AvgIpc) is 2.54. The van der Waals surface area contributed by atoms with Gasteiger partial charge in [-0.2, -0.15) is 0 Å². The summed E-state index contributed by atoms with van der Waals surface area (Å²) in [5, 5.41) is 3.13. The summed E-state index contributed by atoms with van der Waals surface area (Å²) < 4.78 is 0. The van der Waals surface area contributed by atoms with E-state index in [1.54, 1.807) is 0 Å². The SMILES string of the molecule is CCc1ccccc1CCNC(=O)N1CCCC2(CCC2)C1. The van der Waals surface area contributed by atoms with Crippen LogP contribution in [0.1, 0.15) is 50.2 Å². The molecular formula is C19H28N2O. The van der Waals surface area contributed by atoms with Crippen LogP contribution in [0.2, 0.25) is 0 Å². The van der Waals surface area contributed by atoms with Crippen LogP contribution in [0.4, 0.5) is 4.79 Å². The number of carbonyl (C=O) groups is 1. The molecule has 3 heteroatoms. The Morgan fingerprint density at radius 2 is 1.91 bits per heavy atom. The third-order valence-corrected chi connectivity index (χ3v) is 5.53. The van der Waals surface area contributed by atoms with Gasteiger partial charge in [-0.1, -0.05) is 37.6 Å². The van der Waals surface area contributed by atoms with Gasteiger partial charge < -0.3 is 10.2 Å². The van der Waals surface area contributed by atoms with Gasteiger partial charge in [0.25, 0.3) is 0 Å². The van der Waals surface area contributed by atoms with E-state index in [-0.39, 0.29) is 6.03 Å². The summed E-state index contributed by atoms with van der Waals surface area (Å²) in [5.74, 6) is 0. The maximum Gasteiger partial charge on any atom is 0.317 e. The monoisotopic (exact) mass is 300 g/mol. The Balaban J connectivity index is 1.48. The maximum absolute atomic E-state index is 12.4. The summed E-state index contributed by atoms with van der Waals surface area (Å²) in [6.07, 6.45) is 8.46. The second-order valence-corrected chi connectivity index (χ2v) is 6.98. The Morgan fingerprint density at radius 3 is 2.59 bits per heavy atom. The molecule has 1 aliphatic carbocycles. The highest BCUT2D eigenvalue weighted by Gasteiger charge is 2.41. The van der Waals surface area contributed by atoms with Crippen molar-refractivity contribution >= 4 is 6.03 Å². The van der Waals surface area contributed by atoms with Crippen LogP contribution >= 0.6 is 0 Å². The molecule has 2 fully saturated rings. The standard InChI is InChI=1S/C19H28N2O/c1-2-16-7-3-4-8-17(16)9-13-20-18(22)21-14-6-12-19(15-21)10-5-11-19/h3-4,7-8H,2,5-6,9-15H2,1H3,(H,20,22). The predicted octanol–water partition coefficient (Wildman–Crippen LogP) is 3.77. The van der Waals surface area contributed by atoms with Crippen LogP contribution in [-0.2, 0) is 12.8 Å². The number of hydrogen-bond acceptors (Lipinski definition) is 1. The smallest absolute Gasteiger partial charge is 0.317 e. The van der Waals surface area contributed by atoms with Crippen LogP contribution in [0.3, 0.4) is 0 Å². The summed E-state index contributed by atoms with van der Waals surface area (Å²) in [4.78, 5) is 14.4. The number of urea groups is 1. The first-order valence-electron chi connectivity index (χ1n) is 8.82. The summed E-state index contributed by atoms with van der Waals surface area (Å²) >= 11 is 0. The highest BCUT2D eigenvalue weighted by Crippen LogP contribution is 2.47. The number of benzene rings is 1. The minimum Gasteiger partial charge on any atom is -0.338 e. The van der Waals surface area contributed by atoms with E-state index in [1.165, 1.54) is 43.2 Å². The molecular weight excluding hydrogens is 272 g/mol. The van der Waals surface area contributed by atoms with Gasteiger partial charge in [0.15, 0.2) is 0 Å². The number of carbonyl (C=O) groups excluding carboxylic acids is 1. The zero-order chi connectivity index (χ0) is 15.4. The molecule has 1 N–H and O–H groups in total. The Bertz CT molecular complexity index is 522. The van der Waals surface area contributed by atoms with Crippen molar-refractivity contribution in [3.63, 3.8) is 0 Å². The molecule has 1 aliphatic heterocycles. The second-order valence-electron chi connectivity index (χ2n) is 6.98. The molecule has 120 valence electrons. The molecule has 1 spiro atoms. The van der Waals surface area contributed by atoms with Gasteiger partial charge in [-0.3, -0.25) is 0 Å². The number of nitrogens with one attached hydrogen (secondary N) is 1. The van der Waals surface area contributed by atoms with E-state index in [0.29, 0.717) is 5.41 Å². The number of aryl methyl sites for hydroxylation is 1. The molecule has 3 rings (SSSR count). The van der Waals surface area contributed by atoms with Crippen molar-refractivity contribution < 1.29 is 4.79 Å². The molecule has 0 atom stereocenters. The first-order chi connectivity index (χ1) is 10.7. The number of nitrogens with zero attached hydrogens (tertiary/aromatic N) is 1. The second kappa shape index (κ2) is 6.72. The summed E-state index contributed by atoms with van der Waals surface area (Å²) in [6.45, 7) is 4.83. The topological polar surface area (TPSA) is 32.3 Å². The van der Waals surface area contributed by atoms with E-state index in [2.05, 4.69) is 36.5 Å². The van der Waals surface area contributed by atoms with Crippen molar-refractivity contribution in [3.8, 4) is 0 Å². The highest BCUT2D eigenvalue weighted by atomic mass is 16.2. The molecule has 3 nitrogen and oxygen atoms in total. The van der Waals surface area contributed by atoms with Crippen LogP contribution in [0.5, 0.6) is 0 Å². The summed E-state index contributed by atoms with van der Waals surface area (Å²) in [5.41, 5.74) is 3.23. The molecule has 0 radical (unpaired) electrons. The lowest BCUT2D eigenvalue weighted by Gasteiger charge is -2.48. The number of piperidine rings is 1. The van der Waals surface area contributed by atoms with Gasteiger partial charge in [-0.05, 0) is 55.1 Å². The molecule has 1 aromatic rings. The molecule has 0 unspecified atom stereocenters. The number of rotatable bonds is 4. The molecule has 0 bridgehead atoms. The van der Waals surface area contributed by atoms with Crippen LogP contribution in [0.25, 0.3) is 0 Å². The van der Waals surface area contributed by atoms with E-state index in [4.69, 9.17) is 0 Å². The van der Waals surface area contributed by atoms with E-state index in [0.717, 1.165) is 32.5 Å². The quantitative estimate of drug-likeness (QED) is 0.902. The Morgan fingerprint density at radius 1 is 1.18 bits per heavy atom. The summed E-state index contributed by atoms with van der Waals surface area (Å²) in [7, 11) is 0. The lowest BCUT2D eigenvalue weighted by atomic mass is 9.64. The van der Waals surface area contributed by atoms with Crippen molar-refractivity contribution in [2.24, 2.45) is 5.41 Å². The van der Waals surface area contributed by atoms with Crippen LogP contribution < -0.4 is 5.32 Å². The van der Waals surface area contributed by atoms with Crippen molar-refractivity contribution in [2.45, 2.75) is 51.9 Å². The Labute approximate surface area is 134 Å². The molecule has 1 saturated heterocycles. The molecule has 22 heavy (non-hydrogen) atoms. The maximum atomic E-state index is 12.4. The van der Waals surface area contributed by atoms with Crippen molar-refractivity contribution in [2.75, 3.05) is 19.6 Å². The first-order valence-corrected chi connectivity index (χ1v) is 8.82. The van der Waals surface area contributed by atoms with Crippen molar-refractivity contribution in [1.82, 2.24) is 10.2 Å². The Kier molecular flexibility index (Phi) is 4.70. The van der Waals surface area contributed by atoms with E-state index < -0.39 is 0 Å². The van der Waals surface area contributed by atoms with Crippen LogP contribution in [-0.4, -0.2) is 30.6 Å². The molecule has 2 aliphatic rings. The van der Waals surface area contributed by atoms with Gasteiger partial charge in [-0.15, -0.1) is 0 Å². The molecule has 2 amide bonds. The zero-order valence-corrected chi connectivity index (χ0v) is 13.7. The minimum absolute atomic E-state index is 0.139. The third-order valence-electron chi connectivity index (χ3n) is 5.53. The van der Waals surface area contributed by atoms with Gasteiger partial charge in [0.2, 0.25) is 0 Å². The van der Waals surface area contributed by atoms with Gasteiger partial charge in [0, 0.05) is 19.6 Å². The van der Waals surface area contributed by atoms with Gasteiger partial charge in [0.1, 0.15) is 0 Å². The zero-order valence-electron chi connectivity index (χ0n) is 13.7.